The number of amidine groups is 1. The van der Waals surface area contributed by atoms with Gasteiger partial charge >= 0.3 is 0 Å². The van der Waals surface area contributed by atoms with Crippen LogP contribution in [0.4, 0.5) is 0 Å². The summed E-state index contributed by atoms with van der Waals surface area (Å²) in [5, 5.41) is 17.7. The third-order valence-electron chi connectivity index (χ3n) is 3.88. The third-order valence-corrected chi connectivity index (χ3v) is 4.85. The zero-order chi connectivity index (χ0) is 15.5. The predicted octanol–water partition coefficient (Wildman–Crippen LogP) is 2.94. The van der Waals surface area contributed by atoms with Crippen LogP contribution < -0.4 is 11.1 Å². The summed E-state index contributed by atoms with van der Waals surface area (Å²) in [6.45, 7) is 3.79. The molecule has 0 saturated carbocycles. The van der Waals surface area contributed by atoms with Gasteiger partial charge in [-0.3, -0.25) is 4.79 Å². The molecule has 1 heterocycles. The minimum Gasteiger partial charge on any atom is -0.409 e. The Morgan fingerprint density at radius 3 is 2.67 bits per heavy atom. The molecule has 1 amide bonds. The van der Waals surface area contributed by atoms with Gasteiger partial charge in [-0.05, 0) is 18.9 Å². The number of thiophene rings is 1. The molecule has 0 aliphatic rings. The molecule has 1 aromatic heterocycles. The number of rotatable bonds is 5. The van der Waals surface area contributed by atoms with Crippen LogP contribution in [0.3, 0.4) is 0 Å². The van der Waals surface area contributed by atoms with E-state index in [1.165, 1.54) is 11.3 Å². The Hall–Kier alpha value is -2.08. The number of amides is 1. The Labute approximate surface area is 127 Å². The van der Waals surface area contributed by atoms with Crippen LogP contribution in [0.2, 0.25) is 0 Å². The monoisotopic (exact) mass is 305 g/mol. The molecular formula is C15H19N3O2S. The number of carbonyl (C=O) groups is 1. The van der Waals surface area contributed by atoms with Crippen LogP contribution in [0.15, 0.2) is 34.8 Å². The largest absolute Gasteiger partial charge is 0.409 e. The number of nitrogens with two attached hydrogens (primary N) is 1. The zero-order valence-electron chi connectivity index (χ0n) is 12.1. The van der Waals surface area contributed by atoms with E-state index >= 15 is 0 Å². The molecule has 0 saturated heterocycles. The summed E-state index contributed by atoms with van der Waals surface area (Å²) in [4.78, 5) is 12.6. The van der Waals surface area contributed by atoms with Crippen molar-refractivity contribution < 1.29 is 10.0 Å². The Kier molecular flexibility index (Phi) is 4.47. The van der Waals surface area contributed by atoms with Crippen molar-refractivity contribution in [2.45, 2.75) is 32.2 Å². The van der Waals surface area contributed by atoms with Crippen molar-refractivity contribution in [3.05, 3.63) is 35.2 Å². The van der Waals surface area contributed by atoms with Gasteiger partial charge in [0.25, 0.3) is 5.91 Å². The first-order valence-electron chi connectivity index (χ1n) is 6.84. The average molecular weight is 305 g/mol. The summed E-state index contributed by atoms with van der Waals surface area (Å²) in [5.74, 6) is -0.178. The van der Waals surface area contributed by atoms with Gasteiger partial charge in [-0.1, -0.05) is 37.2 Å². The summed E-state index contributed by atoms with van der Waals surface area (Å²) >= 11 is 1.53. The third kappa shape index (κ3) is 2.71. The van der Waals surface area contributed by atoms with Crippen molar-refractivity contribution in [3.8, 4) is 0 Å². The quantitative estimate of drug-likeness (QED) is 0.343. The van der Waals surface area contributed by atoms with E-state index in [4.69, 9.17) is 10.9 Å². The van der Waals surface area contributed by atoms with Gasteiger partial charge in [0.05, 0.1) is 5.56 Å². The highest BCUT2D eigenvalue weighted by molar-refractivity contribution is 7.17. The summed E-state index contributed by atoms with van der Waals surface area (Å²) in [6, 6.07) is 7.75. The fourth-order valence-corrected chi connectivity index (χ4v) is 3.33. The lowest BCUT2D eigenvalue weighted by molar-refractivity contribution is 0.0920. The number of fused-ring (bicyclic) bond motifs is 1. The average Bonchev–Trinajstić information content (AvgIpc) is 2.96. The molecular weight excluding hydrogens is 286 g/mol. The Bertz CT molecular complexity index is 674. The number of benzene rings is 1. The highest BCUT2D eigenvalue weighted by Crippen LogP contribution is 2.26. The lowest BCUT2D eigenvalue weighted by Crippen LogP contribution is -2.56. The topological polar surface area (TPSA) is 87.7 Å². The van der Waals surface area contributed by atoms with E-state index in [0.717, 1.165) is 10.1 Å². The zero-order valence-corrected chi connectivity index (χ0v) is 12.9. The number of oxime groups is 1. The van der Waals surface area contributed by atoms with E-state index in [9.17, 15) is 4.79 Å². The summed E-state index contributed by atoms with van der Waals surface area (Å²) in [5.41, 5.74) is 5.57. The van der Waals surface area contributed by atoms with Gasteiger partial charge in [0.2, 0.25) is 0 Å². The van der Waals surface area contributed by atoms with Crippen LogP contribution in [0.25, 0.3) is 10.1 Å². The van der Waals surface area contributed by atoms with E-state index in [1.807, 2.05) is 43.5 Å². The highest BCUT2D eigenvalue weighted by Gasteiger charge is 2.34. The Morgan fingerprint density at radius 2 is 2.05 bits per heavy atom. The molecule has 4 N–H and O–H groups in total. The van der Waals surface area contributed by atoms with E-state index in [0.29, 0.717) is 18.4 Å². The summed E-state index contributed by atoms with van der Waals surface area (Å²) < 4.78 is 1.06. The van der Waals surface area contributed by atoms with Crippen LogP contribution in [-0.4, -0.2) is 22.5 Å². The molecule has 0 radical (unpaired) electrons. The first-order valence-corrected chi connectivity index (χ1v) is 7.72. The molecule has 1 aromatic carbocycles. The molecule has 0 unspecified atom stereocenters. The lowest BCUT2D eigenvalue weighted by Gasteiger charge is -2.31. The molecule has 112 valence electrons. The van der Waals surface area contributed by atoms with Crippen LogP contribution in [0.5, 0.6) is 0 Å². The van der Waals surface area contributed by atoms with Crippen molar-refractivity contribution in [1.82, 2.24) is 5.32 Å². The number of carbonyl (C=O) groups excluding carboxylic acids is 1. The van der Waals surface area contributed by atoms with Crippen molar-refractivity contribution in [3.63, 3.8) is 0 Å². The smallest absolute Gasteiger partial charge is 0.253 e. The molecule has 0 aliphatic carbocycles. The van der Waals surface area contributed by atoms with Gasteiger partial charge in [-0.2, -0.15) is 0 Å². The molecule has 6 heteroatoms. The first kappa shape index (κ1) is 15.3. The van der Waals surface area contributed by atoms with Gasteiger partial charge in [0, 0.05) is 15.5 Å². The molecule has 0 aliphatic heterocycles. The Morgan fingerprint density at radius 1 is 1.38 bits per heavy atom. The molecule has 0 fully saturated rings. The highest BCUT2D eigenvalue weighted by atomic mass is 32.1. The fraction of sp³-hybridized carbons (Fsp3) is 0.333. The van der Waals surface area contributed by atoms with Gasteiger partial charge in [0.1, 0.15) is 5.54 Å². The van der Waals surface area contributed by atoms with Crippen molar-refractivity contribution in [1.29, 1.82) is 0 Å². The van der Waals surface area contributed by atoms with Crippen molar-refractivity contribution in [2.24, 2.45) is 10.9 Å². The maximum atomic E-state index is 12.6. The molecule has 0 spiro atoms. The van der Waals surface area contributed by atoms with E-state index < -0.39 is 5.54 Å². The molecule has 5 nitrogen and oxygen atoms in total. The van der Waals surface area contributed by atoms with E-state index in [1.54, 1.807) is 0 Å². The van der Waals surface area contributed by atoms with Crippen molar-refractivity contribution in [2.75, 3.05) is 0 Å². The minimum absolute atomic E-state index is 0.0281. The first-order chi connectivity index (χ1) is 10.1. The SMILES string of the molecule is CCC(CC)(NC(=O)c1csc2ccccc12)C(N)=NO. The molecule has 2 rings (SSSR count). The molecule has 21 heavy (non-hydrogen) atoms. The van der Waals surface area contributed by atoms with Gasteiger partial charge in [-0.15, -0.1) is 11.3 Å². The van der Waals surface area contributed by atoms with Crippen LogP contribution in [0.1, 0.15) is 37.0 Å². The van der Waals surface area contributed by atoms with E-state index in [2.05, 4.69) is 10.5 Å². The second-order valence-electron chi connectivity index (χ2n) is 4.87. The maximum Gasteiger partial charge on any atom is 0.253 e. The summed E-state index contributed by atoms with van der Waals surface area (Å²) in [6.07, 6.45) is 1.10. The standard InChI is InChI=1S/C15H19N3O2S/c1-3-15(4-2,14(16)18-20)17-13(19)11-9-21-12-8-6-5-7-10(11)12/h5-9,20H,3-4H2,1-2H3,(H2,16,18)(H,17,19). The predicted molar refractivity (Wildman–Crippen MR) is 86.0 cm³/mol. The Balaban J connectivity index is 2.36. The molecule has 0 bridgehead atoms. The minimum atomic E-state index is -0.825. The maximum absolute atomic E-state index is 12.6. The van der Waals surface area contributed by atoms with Crippen LogP contribution >= 0.6 is 11.3 Å². The van der Waals surface area contributed by atoms with Crippen LogP contribution in [0, 0.1) is 0 Å². The molecule has 0 atom stereocenters. The van der Waals surface area contributed by atoms with Gasteiger partial charge in [0.15, 0.2) is 5.84 Å². The number of nitrogens with zero attached hydrogens (tertiary/aromatic N) is 1. The second-order valence-corrected chi connectivity index (χ2v) is 5.79. The van der Waals surface area contributed by atoms with Crippen LogP contribution in [-0.2, 0) is 0 Å². The van der Waals surface area contributed by atoms with Crippen molar-refractivity contribution >= 4 is 33.2 Å². The normalized spacial score (nSPS) is 12.6. The van der Waals surface area contributed by atoms with Gasteiger partial charge in [-0.25, -0.2) is 0 Å². The number of hydrogen-bond donors (Lipinski definition) is 3. The number of nitrogens with one attached hydrogen (secondary N) is 1. The van der Waals surface area contributed by atoms with Gasteiger partial charge < -0.3 is 16.3 Å². The lowest BCUT2D eigenvalue weighted by atomic mass is 9.91. The van der Waals surface area contributed by atoms with E-state index in [-0.39, 0.29) is 11.7 Å². The summed E-state index contributed by atoms with van der Waals surface area (Å²) in [7, 11) is 0. The fourth-order valence-electron chi connectivity index (χ4n) is 2.39. The second kappa shape index (κ2) is 6.13. The molecule has 2 aromatic rings. The number of hydrogen-bond acceptors (Lipinski definition) is 4.